The summed E-state index contributed by atoms with van der Waals surface area (Å²) in [5, 5.41) is 20.3. The molecule has 1 fully saturated rings. The Morgan fingerprint density at radius 2 is 2.11 bits per heavy atom. The van der Waals surface area contributed by atoms with Crippen LogP contribution in [0.4, 0.5) is 15.9 Å². The van der Waals surface area contributed by atoms with Gasteiger partial charge in [0.05, 0.1) is 10.2 Å². The van der Waals surface area contributed by atoms with E-state index >= 15 is 0 Å². The average molecular weight is 443 g/mol. The van der Waals surface area contributed by atoms with Gasteiger partial charge in [0.2, 0.25) is 11.7 Å². The summed E-state index contributed by atoms with van der Waals surface area (Å²) in [6.45, 7) is 1.59. The van der Waals surface area contributed by atoms with Gasteiger partial charge in [-0.1, -0.05) is 0 Å². The second-order valence-electron chi connectivity index (χ2n) is 5.57. The average Bonchev–Trinajstić information content (AvgIpc) is 3.15. The number of nitrogens with one attached hydrogen (secondary N) is 2. The molecule has 0 radical (unpaired) electrons. The van der Waals surface area contributed by atoms with Crippen LogP contribution in [0.15, 0.2) is 32.3 Å². The molecule has 1 aromatic heterocycles. The third kappa shape index (κ3) is 5.55. The van der Waals surface area contributed by atoms with Gasteiger partial charge in [0.15, 0.2) is 11.5 Å². The van der Waals surface area contributed by atoms with Crippen LogP contribution in [0.25, 0.3) is 0 Å². The maximum Gasteiger partial charge on any atom is 0.228 e. The molecule has 1 aromatic carbocycles. The molecule has 1 aliphatic heterocycles. The monoisotopic (exact) mass is 442 g/mol. The molecule has 1 aliphatic rings. The van der Waals surface area contributed by atoms with Crippen molar-refractivity contribution in [1.29, 1.82) is 0 Å². The minimum Gasteiger partial charge on any atom is -0.400 e. The number of carbonyl (C=O) groups excluding carboxylic acids is 1. The fourth-order valence-corrected chi connectivity index (χ4v) is 2.85. The molecule has 0 spiro atoms. The first-order valence-corrected chi connectivity index (χ1v) is 8.92. The Labute approximate surface area is 163 Å². The van der Waals surface area contributed by atoms with E-state index in [1.54, 1.807) is 0 Å². The number of amidine groups is 1. The zero-order valence-corrected chi connectivity index (χ0v) is 16.2. The molecular formula is C16H20BrFN6O3. The Bertz CT molecular complexity index is 807. The van der Waals surface area contributed by atoms with Gasteiger partial charge in [0.1, 0.15) is 5.82 Å². The number of nitrogens with zero attached hydrogens (tertiary/aromatic N) is 3. The third-order valence-corrected chi connectivity index (χ3v) is 4.44. The number of hydrogen-bond donors (Lipinski definition) is 4. The van der Waals surface area contributed by atoms with Gasteiger partial charge in [-0.25, -0.2) is 14.0 Å². The second-order valence-corrected chi connectivity index (χ2v) is 6.42. The number of benzene rings is 1. The lowest BCUT2D eigenvalue weighted by Gasteiger charge is -2.21. The highest BCUT2D eigenvalue weighted by Gasteiger charge is 2.24. The summed E-state index contributed by atoms with van der Waals surface area (Å²) in [5.41, 5.74) is 6.48. The molecule has 0 bridgehead atoms. The Balaban J connectivity index is 0.00000126. The van der Waals surface area contributed by atoms with Crippen molar-refractivity contribution in [3.05, 3.63) is 34.2 Å². The van der Waals surface area contributed by atoms with Crippen molar-refractivity contribution in [2.75, 3.05) is 25.5 Å². The predicted octanol–water partition coefficient (Wildman–Crippen LogP) is 1.55. The largest absolute Gasteiger partial charge is 0.400 e. The quantitative estimate of drug-likeness (QED) is 0.416. The van der Waals surface area contributed by atoms with Crippen molar-refractivity contribution < 1.29 is 18.9 Å². The van der Waals surface area contributed by atoms with E-state index in [0.29, 0.717) is 5.69 Å². The molecule has 11 heteroatoms. The van der Waals surface area contributed by atoms with Crippen LogP contribution in [-0.4, -0.2) is 47.4 Å². The summed E-state index contributed by atoms with van der Waals surface area (Å²) in [7, 11) is 1.00. The lowest BCUT2D eigenvalue weighted by atomic mass is 9.97. The van der Waals surface area contributed by atoms with Crippen LogP contribution in [0.3, 0.4) is 0 Å². The molecule has 2 aromatic rings. The summed E-state index contributed by atoms with van der Waals surface area (Å²) in [4.78, 5) is 16.5. The van der Waals surface area contributed by atoms with E-state index in [4.69, 9.17) is 10.8 Å². The zero-order valence-electron chi connectivity index (χ0n) is 14.6. The van der Waals surface area contributed by atoms with Crippen LogP contribution in [0, 0.1) is 11.7 Å². The molecule has 146 valence electrons. The minimum absolute atomic E-state index is 0.000342. The number of piperidine rings is 1. The van der Waals surface area contributed by atoms with E-state index in [1.165, 1.54) is 18.2 Å². The zero-order chi connectivity index (χ0) is 19.8. The topological polar surface area (TPSA) is 139 Å². The van der Waals surface area contributed by atoms with E-state index in [9.17, 15) is 9.18 Å². The number of carbonyl (C=O) groups is 1. The third-order valence-electron chi connectivity index (χ3n) is 3.84. The highest BCUT2D eigenvalue weighted by Crippen LogP contribution is 2.23. The second kappa shape index (κ2) is 10.1. The predicted molar refractivity (Wildman–Crippen MR) is 101 cm³/mol. The maximum absolute atomic E-state index is 13.3. The Kier molecular flexibility index (Phi) is 7.82. The molecule has 0 unspecified atom stereocenters. The molecule has 27 heavy (non-hydrogen) atoms. The van der Waals surface area contributed by atoms with Crippen molar-refractivity contribution in [1.82, 2.24) is 15.6 Å². The lowest BCUT2D eigenvalue weighted by Crippen LogP contribution is -2.35. The summed E-state index contributed by atoms with van der Waals surface area (Å²) in [5.74, 6) is -0.547. The molecule has 9 nitrogen and oxygen atoms in total. The summed E-state index contributed by atoms with van der Waals surface area (Å²) in [6.07, 6.45) is 1.50. The van der Waals surface area contributed by atoms with E-state index in [0.717, 1.165) is 33.0 Å². The van der Waals surface area contributed by atoms with Gasteiger partial charge in [0, 0.05) is 13.0 Å². The number of hydrogen-bond acceptors (Lipinski definition) is 7. The number of aliphatic hydroxyl groups is 1. The first-order valence-electron chi connectivity index (χ1n) is 8.13. The number of rotatable bonds is 4. The molecule has 5 N–H and O–H groups in total. The number of anilines is 1. The Morgan fingerprint density at radius 1 is 1.41 bits per heavy atom. The van der Waals surface area contributed by atoms with Gasteiger partial charge in [0.25, 0.3) is 0 Å². The standard InChI is InChI=1S/C15H16BrFN6O2.CH4O/c16-10-7-9(1-2-11(10)17)20-13(18)12-14(23-25-22-12)21-15(24)8-3-5-19-6-4-8;1-2/h1-2,7-8,19H,3-6H2,(H2,18,20)(H,21,23,24);2H,1H3. The highest BCUT2D eigenvalue weighted by molar-refractivity contribution is 9.10. The van der Waals surface area contributed by atoms with Crippen LogP contribution in [0.2, 0.25) is 0 Å². The van der Waals surface area contributed by atoms with Crippen LogP contribution < -0.4 is 16.4 Å². The number of nitrogens with two attached hydrogens (primary N) is 1. The van der Waals surface area contributed by atoms with Crippen molar-refractivity contribution >= 4 is 39.2 Å². The highest BCUT2D eigenvalue weighted by atomic mass is 79.9. The summed E-state index contributed by atoms with van der Waals surface area (Å²) >= 11 is 3.08. The van der Waals surface area contributed by atoms with Crippen LogP contribution in [-0.2, 0) is 4.79 Å². The van der Waals surface area contributed by atoms with Crippen LogP contribution in [0.1, 0.15) is 18.5 Å². The molecule has 0 aliphatic carbocycles. The number of amides is 1. The first kappa shape index (κ1) is 20.9. The Hall–Kier alpha value is -2.37. The SMILES string of the molecule is CO.NC(=Nc1ccc(F)c(Br)c1)c1nonc1NC(=O)C1CCNCC1. The maximum atomic E-state index is 13.3. The van der Waals surface area contributed by atoms with E-state index in [1.807, 2.05) is 0 Å². The summed E-state index contributed by atoms with van der Waals surface area (Å²) in [6, 6.07) is 4.20. The normalized spacial score (nSPS) is 15.0. The molecule has 1 saturated heterocycles. The number of aromatic nitrogens is 2. The molecular weight excluding hydrogens is 423 g/mol. The van der Waals surface area contributed by atoms with Gasteiger partial charge in [-0.2, -0.15) is 0 Å². The van der Waals surface area contributed by atoms with Crippen molar-refractivity contribution in [2.45, 2.75) is 12.8 Å². The smallest absolute Gasteiger partial charge is 0.228 e. The first-order chi connectivity index (χ1) is 13.0. The number of aliphatic imine (C=N–C) groups is 1. The van der Waals surface area contributed by atoms with Crippen LogP contribution in [0.5, 0.6) is 0 Å². The molecule has 0 saturated carbocycles. The van der Waals surface area contributed by atoms with Gasteiger partial charge >= 0.3 is 0 Å². The van der Waals surface area contributed by atoms with Gasteiger partial charge in [-0.3, -0.25) is 4.79 Å². The Morgan fingerprint density at radius 3 is 2.78 bits per heavy atom. The molecule has 0 atom stereocenters. The summed E-state index contributed by atoms with van der Waals surface area (Å²) < 4.78 is 18.2. The van der Waals surface area contributed by atoms with E-state index in [-0.39, 0.29) is 33.6 Å². The molecule has 2 heterocycles. The van der Waals surface area contributed by atoms with Gasteiger partial charge < -0.3 is 21.5 Å². The van der Waals surface area contributed by atoms with E-state index < -0.39 is 5.82 Å². The van der Waals surface area contributed by atoms with Crippen LogP contribution >= 0.6 is 15.9 Å². The number of aliphatic hydroxyl groups excluding tert-OH is 1. The van der Waals surface area contributed by atoms with Crippen molar-refractivity contribution in [2.24, 2.45) is 16.6 Å². The minimum atomic E-state index is -0.407. The number of halogens is 2. The fourth-order valence-electron chi connectivity index (χ4n) is 2.49. The lowest BCUT2D eigenvalue weighted by molar-refractivity contribution is -0.120. The van der Waals surface area contributed by atoms with E-state index in [2.05, 4.69) is 46.5 Å². The molecule has 1 amide bonds. The van der Waals surface area contributed by atoms with Crippen molar-refractivity contribution in [3.8, 4) is 0 Å². The van der Waals surface area contributed by atoms with Gasteiger partial charge in [-0.05, 0) is 70.4 Å². The van der Waals surface area contributed by atoms with Crippen molar-refractivity contribution in [3.63, 3.8) is 0 Å². The van der Waals surface area contributed by atoms with Gasteiger partial charge in [-0.15, -0.1) is 0 Å². The fraction of sp³-hybridized carbons (Fsp3) is 0.375. The molecule has 3 rings (SSSR count).